The summed E-state index contributed by atoms with van der Waals surface area (Å²) in [7, 11) is 0. The molecule has 1 rings (SSSR count). The molecule has 0 aliphatic carbocycles. The van der Waals surface area contributed by atoms with Crippen molar-refractivity contribution in [2.24, 2.45) is 0 Å². The van der Waals surface area contributed by atoms with Crippen LogP contribution in [0.4, 0.5) is 5.69 Å². The minimum atomic E-state index is -0.692. The van der Waals surface area contributed by atoms with E-state index in [4.69, 9.17) is 0 Å². The van der Waals surface area contributed by atoms with Gasteiger partial charge in [0.15, 0.2) is 0 Å². The van der Waals surface area contributed by atoms with E-state index in [0.29, 0.717) is 10.5 Å². The molecule has 5 heteroatoms. The highest BCUT2D eigenvalue weighted by atomic mass is 32.2. The maximum Gasteiger partial charge on any atom is 0.283 e. The van der Waals surface area contributed by atoms with Crippen molar-refractivity contribution in [2.75, 3.05) is 0 Å². The van der Waals surface area contributed by atoms with Gasteiger partial charge in [-0.3, -0.25) is 10.1 Å². The van der Waals surface area contributed by atoms with Crippen LogP contribution in [0.1, 0.15) is 39.4 Å². The van der Waals surface area contributed by atoms with Crippen molar-refractivity contribution in [1.82, 2.24) is 0 Å². The first-order valence-corrected chi connectivity index (χ1v) is 6.18. The molecule has 0 bridgehead atoms. The Labute approximate surface area is 105 Å². The Bertz CT molecular complexity index is 424. The summed E-state index contributed by atoms with van der Waals surface area (Å²) in [4.78, 5) is 11.2. The van der Waals surface area contributed by atoms with E-state index >= 15 is 0 Å². The van der Waals surface area contributed by atoms with E-state index in [1.54, 1.807) is 19.1 Å². The molecule has 0 heterocycles. The van der Waals surface area contributed by atoms with Crippen molar-refractivity contribution in [3.63, 3.8) is 0 Å². The van der Waals surface area contributed by atoms with Gasteiger partial charge in [-0.05, 0) is 18.6 Å². The largest absolute Gasteiger partial charge is 0.389 e. The number of benzene rings is 1. The van der Waals surface area contributed by atoms with Crippen LogP contribution in [-0.4, -0.2) is 14.8 Å². The zero-order valence-electron chi connectivity index (χ0n) is 10.4. The van der Waals surface area contributed by atoms with E-state index in [-0.39, 0.29) is 10.4 Å². The van der Waals surface area contributed by atoms with Gasteiger partial charge >= 0.3 is 0 Å². The molecule has 0 aliphatic heterocycles. The van der Waals surface area contributed by atoms with Crippen LogP contribution >= 0.6 is 11.8 Å². The van der Waals surface area contributed by atoms with Crippen LogP contribution < -0.4 is 0 Å². The van der Waals surface area contributed by atoms with Gasteiger partial charge < -0.3 is 5.11 Å². The number of hydrogen-bond acceptors (Lipinski definition) is 4. The fourth-order valence-corrected chi connectivity index (χ4v) is 2.39. The van der Waals surface area contributed by atoms with E-state index in [9.17, 15) is 15.2 Å². The second-order valence-electron chi connectivity index (χ2n) is 4.87. The molecule has 0 amide bonds. The summed E-state index contributed by atoms with van der Waals surface area (Å²) in [5.74, 6) is 0. The molecule has 0 aliphatic rings. The lowest BCUT2D eigenvalue weighted by atomic mass is 10.1. The summed E-state index contributed by atoms with van der Waals surface area (Å²) in [6.07, 6.45) is -0.692. The van der Waals surface area contributed by atoms with E-state index in [0.717, 1.165) is 0 Å². The molecular formula is C12H17NO3S. The van der Waals surface area contributed by atoms with Crippen LogP contribution in [0.15, 0.2) is 23.1 Å². The smallest absolute Gasteiger partial charge is 0.283 e. The van der Waals surface area contributed by atoms with Gasteiger partial charge in [0.05, 0.1) is 15.9 Å². The van der Waals surface area contributed by atoms with Crippen LogP contribution in [0.25, 0.3) is 0 Å². The maximum absolute atomic E-state index is 11.0. The molecule has 0 spiro atoms. The lowest BCUT2D eigenvalue weighted by molar-refractivity contribution is -0.387. The summed E-state index contributed by atoms with van der Waals surface area (Å²) < 4.78 is -0.0862. The molecule has 1 N–H and O–H groups in total. The topological polar surface area (TPSA) is 63.4 Å². The second kappa shape index (κ2) is 5.06. The molecular weight excluding hydrogens is 238 g/mol. The van der Waals surface area contributed by atoms with Crippen LogP contribution in [0.3, 0.4) is 0 Å². The summed E-state index contributed by atoms with van der Waals surface area (Å²) in [6.45, 7) is 7.60. The molecule has 0 aromatic heterocycles. The second-order valence-corrected chi connectivity index (χ2v) is 6.74. The zero-order chi connectivity index (χ0) is 13.2. The van der Waals surface area contributed by atoms with Gasteiger partial charge in [0.2, 0.25) is 0 Å². The van der Waals surface area contributed by atoms with Crippen molar-refractivity contribution in [3.05, 3.63) is 33.9 Å². The average molecular weight is 255 g/mol. The minimum absolute atomic E-state index is 0.0586. The Balaban J connectivity index is 3.18. The van der Waals surface area contributed by atoms with E-state index < -0.39 is 11.0 Å². The van der Waals surface area contributed by atoms with E-state index in [1.165, 1.54) is 17.8 Å². The Morgan fingerprint density at radius 2 is 2.00 bits per heavy atom. The highest BCUT2D eigenvalue weighted by Crippen LogP contribution is 2.38. The molecule has 4 nitrogen and oxygen atoms in total. The minimum Gasteiger partial charge on any atom is -0.389 e. The SMILES string of the molecule is C[C@@H](O)c1ccc(SC(C)(C)C)c([N+](=O)[O-])c1. The standard InChI is InChI=1S/C12H17NO3S/c1-8(14)9-5-6-11(17-12(2,3)4)10(7-9)13(15)16/h5-8,14H,1-4H3/t8-/m1/s1. The van der Waals surface area contributed by atoms with Gasteiger partial charge in [0, 0.05) is 10.8 Å². The number of aliphatic hydroxyl groups is 1. The first kappa shape index (κ1) is 14.0. The molecule has 0 unspecified atom stereocenters. The highest BCUT2D eigenvalue weighted by molar-refractivity contribution is 8.00. The predicted molar refractivity (Wildman–Crippen MR) is 69.3 cm³/mol. The van der Waals surface area contributed by atoms with Gasteiger partial charge in [-0.1, -0.05) is 26.8 Å². The summed E-state index contributed by atoms with van der Waals surface area (Å²) in [5.41, 5.74) is 0.623. The Kier molecular flexibility index (Phi) is 4.16. The van der Waals surface area contributed by atoms with Crippen molar-refractivity contribution >= 4 is 17.4 Å². The van der Waals surface area contributed by atoms with Crippen LogP contribution in [0.5, 0.6) is 0 Å². The molecule has 0 fully saturated rings. The van der Waals surface area contributed by atoms with Gasteiger partial charge in [-0.2, -0.15) is 0 Å². The maximum atomic E-state index is 11.0. The van der Waals surface area contributed by atoms with Gasteiger partial charge in [-0.25, -0.2) is 0 Å². The Morgan fingerprint density at radius 1 is 1.41 bits per heavy atom. The number of nitrogens with zero attached hydrogens (tertiary/aromatic N) is 1. The number of aliphatic hydroxyl groups excluding tert-OH is 1. The number of hydrogen-bond donors (Lipinski definition) is 1. The third kappa shape index (κ3) is 4.02. The normalized spacial score (nSPS) is 13.5. The molecule has 1 aromatic rings. The van der Waals surface area contributed by atoms with Crippen molar-refractivity contribution in [3.8, 4) is 0 Å². The Hall–Kier alpha value is -1.07. The number of nitro groups is 1. The van der Waals surface area contributed by atoms with Crippen molar-refractivity contribution in [1.29, 1.82) is 0 Å². The van der Waals surface area contributed by atoms with Crippen LogP contribution in [-0.2, 0) is 0 Å². The van der Waals surface area contributed by atoms with Gasteiger partial charge in [-0.15, -0.1) is 11.8 Å². The summed E-state index contributed by atoms with van der Waals surface area (Å²) in [5, 5.41) is 20.4. The third-order valence-corrected chi connectivity index (χ3v) is 3.26. The van der Waals surface area contributed by atoms with E-state index in [2.05, 4.69) is 0 Å². The molecule has 1 atom stereocenters. The first-order valence-electron chi connectivity index (χ1n) is 5.36. The molecule has 1 aromatic carbocycles. The van der Waals surface area contributed by atoms with Gasteiger partial charge in [0.25, 0.3) is 5.69 Å². The third-order valence-electron chi connectivity index (χ3n) is 2.08. The predicted octanol–water partition coefficient (Wildman–Crippen LogP) is 3.54. The number of nitro benzene ring substituents is 1. The fourth-order valence-electron chi connectivity index (χ4n) is 1.35. The van der Waals surface area contributed by atoms with Crippen LogP contribution in [0, 0.1) is 10.1 Å². The highest BCUT2D eigenvalue weighted by Gasteiger charge is 2.21. The quantitative estimate of drug-likeness (QED) is 0.509. The zero-order valence-corrected chi connectivity index (χ0v) is 11.2. The first-order chi connectivity index (χ1) is 7.70. The summed E-state index contributed by atoms with van der Waals surface area (Å²) >= 11 is 1.45. The van der Waals surface area contributed by atoms with Crippen molar-refractivity contribution in [2.45, 2.75) is 43.4 Å². The molecule has 0 saturated carbocycles. The lowest BCUT2D eigenvalue weighted by Gasteiger charge is -2.17. The molecule has 0 radical (unpaired) electrons. The van der Waals surface area contributed by atoms with Crippen molar-refractivity contribution < 1.29 is 10.0 Å². The number of rotatable bonds is 3. The molecule has 17 heavy (non-hydrogen) atoms. The van der Waals surface area contributed by atoms with E-state index in [1.807, 2.05) is 20.8 Å². The Morgan fingerprint density at radius 3 is 2.41 bits per heavy atom. The monoisotopic (exact) mass is 255 g/mol. The van der Waals surface area contributed by atoms with Crippen LogP contribution in [0.2, 0.25) is 0 Å². The summed E-state index contributed by atoms with van der Waals surface area (Å²) in [6, 6.07) is 4.88. The molecule has 0 saturated heterocycles. The molecule has 94 valence electrons. The fraction of sp³-hybridized carbons (Fsp3) is 0.500. The number of thioether (sulfide) groups is 1. The lowest BCUT2D eigenvalue weighted by Crippen LogP contribution is -2.08. The van der Waals surface area contributed by atoms with Gasteiger partial charge in [0.1, 0.15) is 0 Å². The average Bonchev–Trinajstić information content (AvgIpc) is 2.14.